The van der Waals surface area contributed by atoms with Crippen molar-refractivity contribution in [1.29, 1.82) is 0 Å². The third kappa shape index (κ3) is 4.85. The Morgan fingerprint density at radius 2 is 1.83 bits per heavy atom. The zero-order valence-corrected chi connectivity index (χ0v) is 19.8. The summed E-state index contributed by atoms with van der Waals surface area (Å²) in [6.45, 7) is 0.692. The molecule has 35 heavy (non-hydrogen) atoms. The van der Waals surface area contributed by atoms with Gasteiger partial charge in [-0.05, 0) is 42.0 Å². The molecule has 0 saturated heterocycles. The molecule has 5 aromatic rings. The van der Waals surface area contributed by atoms with Gasteiger partial charge in [-0.3, -0.25) is 9.20 Å². The van der Waals surface area contributed by atoms with E-state index in [4.69, 9.17) is 9.47 Å². The molecule has 0 aliphatic rings. The number of fused-ring (bicyclic) bond motifs is 1. The van der Waals surface area contributed by atoms with Crippen molar-refractivity contribution in [2.24, 2.45) is 0 Å². The molecule has 0 fully saturated rings. The monoisotopic (exact) mass is 492 g/mol. The van der Waals surface area contributed by atoms with E-state index in [-0.39, 0.29) is 18.3 Å². The Labute approximate surface area is 203 Å². The van der Waals surface area contributed by atoms with E-state index >= 15 is 0 Å². The largest absolute Gasteiger partial charge is 0.497 e. The first-order valence-electron chi connectivity index (χ1n) is 10.6. The zero-order chi connectivity index (χ0) is 24.4. The fourth-order valence-electron chi connectivity index (χ4n) is 3.61. The number of ether oxygens (including phenoxy) is 2. The molecule has 1 amide bonds. The molecule has 0 bridgehead atoms. The van der Waals surface area contributed by atoms with Crippen LogP contribution in [-0.2, 0) is 13.1 Å². The number of imidazole rings is 1. The van der Waals surface area contributed by atoms with Crippen LogP contribution in [0.5, 0.6) is 11.5 Å². The highest BCUT2D eigenvalue weighted by Gasteiger charge is 2.16. The first kappa shape index (κ1) is 22.5. The lowest BCUT2D eigenvalue weighted by Gasteiger charge is -2.08. The Morgan fingerprint density at radius 3 is 2.54 bits per heavy atom. The number of nitrogens with zero attached hydrogens (tertiary/aromatic N) is 5. The van der Waals surface area contributed by atoms with Gasteiger partial charge in [-0.2, -0.15) is 0 Å². The number of halogens is 1. The van der Waals surface area contributed by atoms with Crippen LogP contribution in [0.15, 0.2) is 60.2 Å². The maximum absolute atomic E-state index is 13.2. The minimum Gasteiger partial charge on any atom is -0.497 e. The number of benzene rings is 2. The Morgan fingerprint density at radius 1 is 1.09 bits per heavy atom. The van der Waals surface area contributed by atoms with Gasteiger partial charge in [0.25, 0.3) is 5.91 Å². The number of methoxy groups -OCH3 is 2. The van der Waals surface area contributed by atoms with Gasteiger partial charge in [-0.25, -0.2) is 14.1 Å². The third-order valence-corrected chi connectivity index (χ3v) is 6.19. The number of hydrogen-bond donors (Lipinski definition) is 1. The van der Waals surface area contributed by atoms with E-state index in [1.165, 1.54) is 23.5 Å². The van der Waals surface area contributed by atoms with Crippen molar-refractivity contribution in [1.82, 2.24) is 29.7 Å². The number of rotatable bonds is 8. The van der Waals surface area contributed by atoms with Gasteiger partial charge >= 0.3 is 0 Å². The van der Waals surface area contributed by atoms with Crippen LogP contribution in [0.3, 0.4) is 0 Å². The molecule has 0 spiro atoms. The van der Waals surface area contributed by atoms with Gasteiger partial charge in [0, 0.05) is 23.2 Å². The lowest BCUT2D eigenvalue weighted by molar-refractivity contribution is 0.0945. The Balaban J connectivity index is 1.25. The summed E-state index contributed by atoms with van der Waals surface area (Å²) in [5.41, 5.74) is 3.47. The SMILES string of the molecule is COc1cc(Cn2cc(CNC(=O)c3csc4nc(-c5ccc(F)cc5)cn34)nn2)cc(OC)c1. The van der Waals surface area contributed by atoms with Gasteiger partial charge in [-0.1, -0.05) is 5.21 Å². The maximum Gasteiger partial charge on any atom is 0.269 e. The van der Waals surface area contributed by atoms with Crippen LogP contribution in [0.1, 0.15) is 21.7 Å². The molecule has 3 heterocycles. The smallest absolute Gasteiger partial charge is 0.269 e. The van der Waals surface area contributed by atoms with Crippen molar-refractivity contribution in [2.45, 2.75) is 13.1 Å². The molecule has 11 heteroatoms. The fourth-order valence-corrected chi connectivity index (χ4v) is 4.46. The third-order valence-electron chi connectivity index (χ3n) is 5.35. The highest BCUT2D eigenvalue weighted by Crippen LogP contribution is 2.24. The van der Waals surface area contributed by atoms with E-state index in [1.54, 1.807) is 59.3 Å². The number of nitrogens with one attached hydrogen (secondary N) is 1. The van der Waals surface area contributed by atoms with Gasteiger partial charge in [0.15, 0.2) is 4.96 Å². The molecule has 178 valence electrons. The van der Waals surface area contributed by atoms with Crippen molar-refractivity contribution in [2.75, 3.05) is 14.2 Å². The van der Waals surface area contributed by atoms with Crippen molar-refractivity contribution < 1.29 is 18.7 Å². The van der Waals surface area contributed by atoms with E-state index in [2.05, 4.69) is 20.6 Å². The Hall–Kier alpha value is -4.25. The van der Waals surface area contributed by atoms with Crippen LogP contribution in [0.4, 0.5) is 4.39 Å². The van der Waals surface area contributed by atoms with Crippen LogP contribution in [0, 0.1) is 5.82 Å². The molecule has 0 aliphatic heterocycles. The van der Waals surface area contributed by atoms with Crippen molar-refractivity contribution in [3.63, 3.8) is 0 Å². The van der Waals surface area contributed by atoms with Crippen LogP contribution in [-0.4, -0.2) is 44.5 Å². The molecule has 9 nitrogen and oxygen atoms in total. The molecule has 2 aromatic carbocycles. The molecule has 1 N–H and O–H groups in total. The molecule has 0 saturated carbocycles. The topological polar surface area (TPSA) is 95.6 Å². The summed E-state index contributed by atoms with van der Waals surface area (Å²) in [4.78, 5) is 18.0. The minimum atomic E-state index is -0.310. The summed E-state index contributed by atoms with van der Waals surface area (Å²) >= 11 is 1.36. The first-order chi connectivity index (χ1) is 17.0. The van der Waals surface area contributed by atoms with Crippen LogP contribution < -0.4 is 14.8 Å². The molecule has 0 aliphatic carbocycles. The molecular weight excluding hydrogens is 471 g/mol. The predicted octanol–water partition coefficient (Wildman–Crippen LogP) is 3.79. The zero-order valence-electron chi connectivity index (χ0n) is 18.9. The minimum absolute atomic E-state index is 0.219. The van der Waals surface area contributed by atoms with E-state index in [0.717, 1.165) is 11.1 Å². The second kappa shape index (κ2) is 9.55. The number of amides is 1. The second-order valence-electron chi connectivity index (χ2n) is 7.72. The predicted molar refractivity (Wildman–Crippen MR) is 128 cm³/mol. The summed E-state index contributed by atoms with van der Waals surface area (Å²) in [6, 6.07) is 11.7. The van der Waals surface area contributed by atoms with E-state index in [0.29, 0.717) is 40.1 Å². The van der Waals surface area contributed by atoms with E-state index in [1.807, 2.05) is 12.1 Å². The van der Waals surface area contributed by atoms with Crippen molar-refractivity contribution in [3.8, 4) is 22.8 Å². The maximum atomic E-state index is 13.2. The summed E-state index contributed by atoms with van der Waals surface area (Å²) in [7, 11) is 3.20. The number of hydrogen-bond acceptors (Lipinski definition) is 7. The number of carbonyl (C=O) groups excluding carboxylic acids is 1. The van der Waals surface area contributed by atoms with Crippen molar-refractivity contribution in [3.05, 3.63) is 83.0 Å². The van der Waals surface area contributed by atoms with Gasteiger partial charge in [0.1, 0.15) is 28.7 Å². The second-order valence-corrected chi connectivity index (χ2v) is 8.55. The molecule has 5 rings (SSSR count). The van der Waals surface area contributed by atoms with E-state index < -0.39 is 0 Å². The molecule has 3 aromatic heterocycles. The Bertz CT molecular complexity index is 1470. The standard InChI is InChI=1S/C24H21FN6O3S/c1-33-19-7-15(8-20(9-19)34-2)11-30-12-18(28-29-30)10-26-23(32)22-14-35-24-27-21(13-31(22)24)16-3-5-17(25)6-4-16/h3-9,12-14H,10-11H2,1-2H3,(H,26,32). The average molecular weight is 493 g/mol. The number of aromatic nitrogens is 5. The van der Waals surface area contributed by atoms with Crippen molar-refractivity contribution >= 4 is 22.2 Å². The number of carbonyl (C=O) groups is 1. The molecule has 0 atom stereocenters. The lowest BCUT2D eigenvalue weighted by Crippen LogP contribution is -2.24. The van der Waals surface area contributed by atoms with Gasteiger partial charge in [-0.15, -0.1) is 16.4 Å². The summed E-state index contributed by atoms with van der Waals surface area (Å²) in [5, 5.41) is 12.9. The average Bonchev–Trinajstić information content (AvgIpc) is 3.59. The van der Waals surface area contributed by atoms with Crippen LogP contribution >= 0.6 is 11.3 Å². The molecule has 0 unspecified atom stereocenters. The van der Waals surface area contributed by atoms with Crippen LogP contribution in [0.2, 0.25) is 0 Å². The fraction of sp³-hybridized carbons (Fsp3) is 0.167. The lowest BCUT2D eigenvalue weighted by atomic mass is 10.2. The van der Waals surface area contributed by atoms with E-state index in [9.17, 15) is 9.18 Å². The highest BCUT2D eigenvalue weighted by molar-refractivity contribution is 7.15. The first-order valence-corrected chi connectivity index (χ1v) is 11.5. The summed E-state index contributed by atoms with van der Waals surface area (Å²) in [5.74, 6) is 0.814. The number of thiazole rings is 1. The van der Waals surface area contributed by atoms with Gasteiger partial charge < -0.3 is 14.8 Å². The van der Waals surface area contributed by atoms with Gasteiger partial charge in [0.2, 0.25) is 0 Å². The highest BCUT2D eigenvalue weighted by atomic mass is 32.1. The van der Waals surface area contributed by atoms with Gasteiger partial charge in [0.05, 0.1) is 39.2 Å². The quantitative estimate of drug-likeness (QED) is 0.354. The van der Waals surface area contributed by atoms with Crippen LogP contribution in [0.25, 0.3) is 16.2 Å². The normalized spacial score (nSPS) is 11.1. The summed E-state index contributed by atoms with van der Waals surface area (Å²) in [6.07, 6.45) is 3.55. The Kier molecular flexibility index (Phi) is 6.15. The molecular formula is C24H21FN6O3S. The summed E-state index contributed by atoms with van der Waals surface area (Å²) < 4.78 is 27.2. The molecule has 0 radical (unpaired) electrons.